The van der Waals surface area contributed by atoms with Crippen LogP contribution in [0.15, 0.2) is 60.8 Å². The topological polar surface area (TPSA) is 72.5 Å². The number of pyridine rings is 1. The Morgan fingerprint density at radius 2 is 1.75 bits per heavy atom. The van der Waals surface area contributed by atoms with Crippen molar-refractivity contribution in [3.63, 3.8) is 0 Å². The molecule has 0 aliphatic rings. The third-order valence-corrected chi connectivity index (χ3v) is 4.04. The van der Waals surface area contributed by atoms with Gasteiger partial charge in [-0.1, -0.05) is 6.07 Å². The number of carbonyl (C=O) groups excluding carboxylic acids is 1. The van der Waals surface area contributed by atoms with Crippen LogP contribution in [0.4, 0.5) is 15.9 Å². The highest BCUT2D eigenvalue weighted by Gasteiger charge is 2.09. The molecule has 0 bridgehead atoms. The van der Waals surface area contributed by atoms with Gasteiger partial charge in [0.15, 0.2) is 11.5 Å². The smallest absolute Gasteiger partial charge is 0.251 e. The van der Waals surface area contributed by atoms with E-state index < -0.39 is 0 Å². The standard InChI is InChI=1S/C21H20FN3O3/c1-27-18-8-3-14(11-19(18)28-2)13-24-21(26)15-9-10-23-20(12-15)25-17-6-4-16(22)5-7-17/h3-12H,13H2,1-2H3,(H,23,25)(H,24,26). The highest BCUT2D eigenvalue weighted by Crippen LogP contribution is 2.27. The van der Waals surface area contributed by atoms with Gasteiger partial charge >= 0.3 is 0 Å². The fraction of sp³-hybridized carbons (Fsp3) is 0.143. The summed E-state index contributed by atoms with van der Waals surface area (Å²) in [6.07, 6.45) is 1.54. The first-order valence-electron chi connectivity index (χ1n) is 8.57. The quantitative estimate of drug-likeness (QED) is 0.649. The van der Waals surface area contributed by atoms with E-state index in [9.17, 15) is 9.18 Å². The third kappa shape index (κ3) is 4.76. The molecule has 1 heterocycles. The summed E-state index contributed by atoms with van der Waals surface area (Å²) in [5.74, 6) is 1.17. The lowest BCUT2D eigenvalue weighted by molar-refractivity contribution is 0.0951. The van der Waals surface area contributed by atoms with Crippen molar-refractivity contribution < 1.29 is 18.7 Å². The van der Waals surface area contributed by atoms with Gasteiger partial charge in [-0.25, -0.2) is 9.37 Å². The molecule has 0 atom stereocenters. The Bertz CT molecular complexity index is 961. The zero-order chi connectivity index (χ0) is 19.9. The third-order valence-electron chi connectivity index (χ3n) is 4.04. The summed E-state index contributed by atoms with van der Waals surface area (Å²) in [4.78, 5) is 16.7. The number of hydrogen-bond acceptors (Lipinski definition) is 5. The molecule has 0 saturated heterocycles. The van der Waals surface area contributed by atoms with Gasteiger partial charge in [-0.15, -0.1) is 0 Å². The monoisotopic (exact) mass is 381 g/mol. The van der Waals surface area contributed by atoms with Crippen LogP contribution in [0.3, 0.4) is 0 Å². The van der Waals surface area contributed by atoms with Gasteiger partial charge in [0.25, 0.3) is 5.91 Å². The molecule has 6 nitrogen and oxygen atoms in total. The van der Waals surface area contributed by atoms with Crippen LogP contribution < -0.4 is 20.1 Å². The number of methoxy groups -OCH3 is 2. The molecule has 7 heteroatoms. The maximum atomic E-state index is 13.0. The number of ether oxygens (including phenoxy) is 2. The zero-order valence-electron chi connectivity index (χ0n) is 15.5. The number of aromatic nitrogens is 1. The molecule has 1 aromatic heterocycles. The van der Waals surface area contributed by atoms with Gasteiger partial charge in [0, 0.05) is 24.0 Å². The van der Waals surface area contributed by atoms with E-state index in [2.05, 4.69) is 15.6 Å². The number of hydrogen-bond donors (Lipinski definition) is 2. The lowest BCUT2D eigenvalue weighted by Gasteiger charge is -2.11. The van der Waals surface area contributed by atoms with Crippen molar-refractivity contribution in [3.8, 4) is 11.5 Å². The lowest BCUT2D eigenvalue weighted by atomic mass is 10.2. The molecule has 2 N–H and O–H groups in total. The largest absolute Gasteiger partial charge is 0.493 e. The van der Waals surface area contributed by atoms with Crippen LogP contribution in [-0.2, 0) is 6.54 Å². The maximum Gasteiger partial charge on any atom is 0.251 e. The molecule has 0 unspecified atom stereocenters. The van der Waals surface area contributed by atoms with E-state index in [4.69, 9.17) is 9.47 Å². The molecular weight excluding hydrogens is 361 g/mol. The normalized spacial score (nSPS) is 10.2. The summed E-state index contributed by atoms with van der Waals surface area (Å²) in [6.45, 7) is 0.336. The van der Waals surface area contributed by atoms with Crippen LogP contribution in [0.2, 0.25) is 0 Å². The molecule has 0 aliphatic heterocycles. The predicted molar refractivity (Wildman–Crippen MR) is 105 cm³/mol. The highest BCUT2D eigenvalue weighted by atomic mass is 19.1. The highest BCUT2D eigenvalue weighted by molar-refractivity contribution is 5.94. The number of nitrogens with one attached hydrogen (secondary N) is 2. The summed E-state index contributed by atoms with van der Waals surface area (Å²) in [5, 5.41) is 5.90. The number of carbonyl (C=O) groups is 1. The van der Waals surface area contributed by atoms with Gasteiger partial charge in [0.1, 0.15) is 11.6 Å². The van der Waals surface area contributed by atoms with Crippen molar-refractivity contribution in [3.05, 3.63) is 77.7 Å². The van der Waals surface area contributed by atoms with E-state index in [1.54, 1.807) is 44.6 Å². The van der Waals surface area contributed by atoms with Crippen molar-refractivity contribution in [1.82, 2.24) is 10.3 Å². The van der Waals surface area contributed by atoms with Gasteiger partial charge in [-0.2, -0.15) is 0 Å². The van der Waals surface area contributed by atoms with Crippen molar-refractivity contribution in [1.29, 1.82) is 0 Å². The molecule has 28 heavy (non-hydrogen) atoms. The van der Waals surface area contributed by atoms with Crippen molar-refractivity contribution in [2.24, 2.45) is 0 Å². The molecule has 0 radical (unpaired) electrons. The Morgan fingerprint density at radius 3 is 2.46 bits per heavy atom. The molecule has 1 amide bonds. The number of halogens is 1. The second-order valence-electron chi connectivity index (χ2n) is 5.93. The number of rotatable bonds is 7. The number of nitrogens with zero attached hydrogens (tertiary/aromatic N) is 1. The molecule has 3 rings (SSSR count). The minimum atomic E-state index is -0.318. The minimum absolute atomic E-state index is 0.237. The second kappa shape index (κ2) is 8.85. The maximum absolute atomic E-state index is 13.0. The summed E-state index contributed by atoms with van der Waals surface area (Å²) in [7, 11) is 3.13. The van der Waals surface area contributed by atoms with Crippen LogP contribution in [-0.4, -0.2) is 25.1 Å². The van der Waals surface area contributed by atoms with E-state index in [1.807, 2.05) is 12.1 Å². The molecule has 144 valence electrons. The fourth-order valence-corrected chi connectivity index (χ4v) is 2.60. The van der Waals surface area contributed by atoms with Gasteiger partial charge in [-0.3, -0.25) is 4.79 Å². The Balaban J connectivity index is 1.65. The van der Waals surface area contributed by atoms with Gasteiger partial charge in [0.2, 0.25) is 0 Å². The van der Waals surface area contributed by atoms with Crippen LogP contribution in [0.1, 0.15) is 15.9 Å². The van der Waals surface area contributed by atoms with Gasteiger partial charge in [0.05, 0.1) is 14.2 Å². The molecule has 0 fully saturated rings. The van der Waals surface area contributed by atoms with E-state index in [0.717, 1.165) is 5.56 Å². The number of anilines is 2. The number of amides is 1. The Kier molecular flexibility index (Phi) is 6.06. The second-order valence-corrected chi connectivity index (χ2v) is 5.93. The minimum Gasteiger partial charge on any atom is -0.493 e. The first-order chi connectivity index (χ1) is 13.6. The molecule has 0 spiro atoms. The van der Waals surface area contributed by atoms with E-state index in [1.165, 1.54) is 18.3 Å². The first kappa shape index (κ1) is 19.2. The summed E-state index contributed by atoms with van der Waals surface area (Å²) in [6, 6.07) is 14.6. The van der Waals surface area contributed by atoms with Crippen molar-refractivity contribution in [2.75, 3.05) is 19.5 Å². The summed E-state index contributed by atoms with van der Waals surface area (Å²) in [5.41, 5.74) is 2.02. The molecule has 0 saturated carbocycles. The van der Waals surface area contributed by atoms with Crippen molar-refractivity contribution in [2.45, 2.75) is 6.54 Å². The van der Waals surface area contributed by atoms with Crippen LogP contribution in [0.5, 0.6) is 11.5 Å². The molecule has 3 aromatic rings. The Labute approximate surface area is 162 Å². The SMILES string of the molecule is COc1ccc(CNC(=O)c2ccnc(Nc3ccc(F)cc3)c2)cc1OC. The average Bonchev–Trinajstić information content (AvgIpc) is 2.73. The van der Waals surface area contributed by atoms with E-state index >= 15 is 0 Å². The number of benzene rings is 2. The van der Waals surface area contributed by atoms with E-state index in [0.29, 0.717) is 35.1 Å². The van der Waals surface area contributed by atoms with Gasteiger partial charge in [-0.05, 0) is 54.1 Å². The van der Waals surface area contributed by atoms with E-state index in [-0.39, 0.29) is 11.7 Å². The predicted octanol–water partition coefficient (Wildman–Crippen LogP) is 3.91. The fourth-order valence-electron chi connectivity index (χ4n) is 2.60. The molecular formula is C21H20FN3O3. The average molecular weight is 381 g/mol. The lowest BCUT2D eigenvalue weighted by Crippen LogP contribution is -2.23. The Morgan fingerprint density at radius 1 is 1.00 bits per heavy atom. The molecule has 2 aromatic carbocycles. The molecule has 0 aliphatic carbocycles. The summed E-state index contributed by atoms with van der Waals surface area (Å²) < 4.78 is 23.5. The summed E-state index contributed by atoms with van der Waals surface area (Å²) >= 11 is 0. The first-order valence-corrected chi connectivity index (χ1v) is 8.57. The zero-order valence-corrected chi connectivity index (χ0v) is 15.5. The van der Waals surface area contributed by atoms with Crippen molar-refractivity contribution >= 4 is 17.4 Å². The van der Waals surface area contributed by atoms with Crippen LogP contribution in [0, 0.1) is 5.82 Å². The van der Waals surface area contributed by atoms with Crippen LogP contribution >= 0.6 is 0 Å². The Hall–Kier alpha value is -3.61. The van der Waals surface area contributed by atoms with Crippen LogP contribution in [0.25, 0.3) is 0 Å². The van der Waals surface area contributed by atoms with Gasteiger partial charge < -0.3 is 20.1 Å².